The quantitative estimate of drug-likeness (QED) is 0.301. The van der Waals surface area contributed by atoms with Crippen LogP contribution < -0.4 is 24.6 Å². The molecule has 1 unspecified atom stereocenters. The van der Waals surface area contributed by atoms with Gasteiger partial charge in [-0.25, -0.2) is 18.7 Å². The molecule has 2 saturated heterocycles. The Kier molecular flexibility index (Phi) is 7.92. The van der Waals surface area contributed by atoms with Crippen LogP contribution in [0.2, 0.25) is 0 Å². The van der Waals surface area contributed by atoms with Gasteiger partial charge in [-0.3, -0.25) is 9.52 Å². The van der Waals surface area contributed by atoms with Gasteiger partial charge in [0, 0.05) is 38.8 Å². The summed E-state index contributed by atoms with van der Waals surface area (Å²) in [5.41, 5.74) is 0.328. The van der Waals surface area contributed by atoms with Gasteiger partial charge in [0.2, 0.25) is 6.86 Å². The molecule has 9 nitrogen and oxygen atoms in total. The lowest BCUT2D eigenvalue weighted by molar-refractivity contribution is 0.102. The van der Waals surface area contributed by atoms with E-state index in [0.717, 1.165) is 31.6 Å². The van der Waals surface area contributed by atoms with Crippen molar-refractivity contribution in [2.75, 3.05) is 61.3 Å². The Bertz CT molecular complexity index is 1160. The van der Waals surface area contributed by atoms with Crippen LogP contribution in [-0.4, -0.2) is 72.8 Å². The Morgan fingerprint density at radius 3 is 2.61 bits per heavy atom. The Morgan fingerprint density at radius 2 is 1.95 bits per heavy atom. The molecule has 5 rings (SSSR count). The van der Waals surface area contributed by atoms with Crippen LogP contribution in [0.15, 0.2) is 29.4 Å². The van der Waals surface area contributed by atoms with Gasteiger partial charge in [-0.1, -0.05) is 0 Å². The van der Waals surface area contributed by atoms with Gasteiger partial charge < -0.3 is 25.0 Å². The third-order valence-corrected chi connectivity index (χ3v) is 8.41. The number of amides is 1. The lowest BCUT2D eigenvalue weighted by Crippen LogP contribution is -2.36. The molecule has 38 heavy (non-hydrogen) atoms. The smallest absolute Gasteiger partial charge is 0.260 e. The zero-order valence-electron chi connectivity index (χ0n) is 21.5. The molecule has 2 aromatic heterocycles. The van der Waals surface area contributed by atoms with Crippen molar-refractivity contribution < 1.29 is 23.4 Å². The highest BCUT2D eigenvalue weighted by Crippen LogP contribution is 2.54. The van der Waals surface area contributed by atoms with Gasteiger partial charge >= 0.3 is 0 Å². The van der Waals surface area contributed by atoms with E-state index in [2.05, 4.69) is 24.9 Å². The number of nitrogens with one attached hydrogen (secondary N) is 2. The highest BCUT2D eigenvalue weighted by Gasteiger charge is 2.44. The third kappa shape index (κ3) is 6.13. The summed E-state index contributed by atoms with van der Waals surface area (Å²) in [5.74, 6) is 0.388. The predicted molar refractivity (Wildman–Crippen MR) is 143 cm³/mol. The number of ether oxygens (including phenoxy) is 1. The highest BCUT2D eigenvalue weighted by molar-refractivity contribution is 7.97. The number of aromatic nitrogens is 2. The van der Waals surface area contributed by atoms with Crippen LogP contribution >= 0.6 is 11.9 Å². The molecule has 206 valence electrons. The van der Waals surface area contributed by atoms with Gasteiger partial charge in [-0.15, -0.1) is 0 Å². The van der Waals surface area contributed by atoms with Crippen LogP contribution in [0.3, 0.4) is 0 Å². The van der Waals surface area contributed by atoms with E-state index in [1.165, 1.54) is 37.8 Å². The van der Waals surface area contributed by atoms with E-state index in [0.29, 0.717) is 41.3 Å². The number of carbonyl (C=O) groups is 1. The van der Waals surface area contributed by atoms with Crippen molar-refractivity contribution in [1.82, 2.24) is 14.7 Å². The van der Waals surface area contributed by atoms with Crippen LogP contribution in [-0.2, 0) is 0 Å². The van der Waals surface area contributed by atoms with Crippen LogP contribution in [0.5, 0.6) is 5.75 Å². The van der Waals surface area contributed by atoms with E-state index in [1.807, 2.05) is 6.07 Å². The molecule has 0 bridgehead atoms. The second-order valence-electron chi connectivity index (χ2n) is 10.6. The maximum absolute atomic E-state index is 14.5. The van der Waals surface area contributed by atoms with Crippen LogP contribution in [0.1, 0.15) is 49.4 Å². The van der Waals surface area contributed by atoms with Crippen molar-refractivity contribution in [1.29, 1.82) is 0 Å². The minimum absolute atomic E-state index is 0.0146. The lowest BCUT2D eigenvalue weighted by Gasteiger charge is -2.34. The average molecular weight is 549 g/mol. The maximum atomic E-state index is 14.5. The number of anilines is 3. The van der Waals surface area contributed by atoms with Crippen molar-refractivity contribution >= 4 is 35.2 Å². The summed E-state index contributed by atoms with van der Waals surface area (Å²) < 4.78 is 35.6. The van der Waals surface area contributed by atoms with Crippen molar-refractivity contribution in [2.24, 2.45) is 5.41 Å². The van der Waals surface area contributed by atoms with Crippen molar-refractivity contribution in [2.45, 2.75) is 49.7 Å². The van der Waals surface area contributed by atoms with Crippen LogP contribution in [0.25, 0.3) is 0 Å². The molecule has 2 aromatic rings. The molecule has 1 atom stereocenters. The molecule has 1 aliphatic carbocycles. The maximum Gasteiger partial charge on any atom is 0.260 e. The van der Waals surface area contributed by atoms with Gasteiger partial charge in [0.05, 0.1) is 24.4 Å². The minimum Gasteiger partial charge on any atom is -0.459 e. The number of alkyl halides is 2. The molecule has 1 spiro atoms. The second-order valence-corrected chi connectivity index (χ2v) is 11.5. The largest absolute Gasteiger partial charge is 0.459 e. The summed E-state index contributed by atoms with van der Waals surface area (Å²) in [6.07, 6.45) is 6.66. The number of hydrogen-bond acceptors (Lipinski definition) is 9. The van der Waals surface area contributed by atoms with E-state index in [9.17, 15) is 13.6 Å². The Labute approximate surface area is 225 Å². The average Bonchev–Trinajstić information content (AvgIpc) is 3.56. The Balaban J connectivity index is 1.38. The van der Waals surface area contributed by atoms with Crippen molar-refractivity contribution in [3.05, 3.63) is 30.0 Å². The van der Waals surface area contributed by atoms with Crippen LogP contribution in [0, 0.1) is 5.41 Å². The first-order valence-corrected chi connectivity index (χ1v) is 13.8. The van der Waals surface area contributed by atoms with Gasteiger partial charge in [-0.2, -0.15) is 0 Å². The van der Waals surface area contributed by atoms with Gasteiger partial charge in [0.15, 0.2) is 11.6 Å². The zero-order chi connectivity index (χ0) is 26.8. The molecule has 12 heteroatoms. The molecule has 3 fully saturated rings. The predicted octanol–water partition coefficient (Wildman–Crippen LogP) is 3.94. The van der Waals surface area contributed by atoms with Gasteiger partial charge in [0.25, 0.3) is 5.91 Å². The monoisotopic (exact) mass is 548 g/mol. The van der Waals surface area contributed by atoms with E-state index in [-0.39, 0.29) is 30.6 Å². The summed E-state index contributed by atoms with van der Waals surface area (Å²) in [6, 6.07) is 4.99. The molecule has 0 radical (unpaired) electrons. The number of aliphatic hydroxyl groups is 1. The normalized spacial score (nSPS) is 22.1. The fraction of sp³-hybridized carbons (Fsp3) is 0.577. The van der Waals surface area contributed by atoms with E-state index >= 15 is 0 Å². The lowest BCUT2D eigenvalue weighted by atomic mass is 9.93. The molecule has 1 amide bonds. The zero-order valence-corrected chi connectivity index (χ0v) is 22.3. The summed E-state index contributed by atoms with van der Waals surface area (Å²) in [5, 5.41) is 12.6. The molecule has 3 aliphatic rings. The second kappa shape index (κ2) is 11.2. The molecule has 3 N–H and O–H groups in total. The summed E-state index contributed by atoms with van der Waals surface area (Å²) in [4.78, 5) is 26.4. The number of hydrogen-bond donors (Lipinski definition) is 3. The molecule has 2 aliphatic heterocycles. The number of carbonyl (C=O) groups excluding carboxylic acids is 1. The Hall–Kier alpha value is -2.70. The standard InChI is InChI=1S/C26H34F2N6O3S/c1-25(28)6-10-34(16-25)23-20(37-17-27)2-3-21(31-23)32-24(36)18-15-29-22(38-30-9-13-35)14-19(18)33-11-7-26(4-5-26)8-12-33/h2-3,14-15,30,35H,4-13,16-17H2,1H3,(H,31,32,36). The Morgan fingerprint density at radius 1 is 1.18 bits per heavy atom. The third-order valence-electron chi connectivity index (χ3n) is 7.63. The summed E-state index contributed by atoms with van der Waals surface area (Å²) in [7, 11) is 0. The SMILES string of the molecule is CC1(F)CCN(c2nc(NC(=O)c3cnc(SNCCO)cc3N3CCC4(CC3)CC4)ccc2OCF)C1. The highest BCUT2D eigenvalue weighted by atomic mass is 32.2. The number of nitrogens with zero attached hydrogens (tertiary/aromatic N) is 4. The number of piperidine rings is 1. The first-order chi connectivity index (χ1) is 18.3. The number of aliphatic hydroxyl groups excluding tert-OH is 1. The van der Waals surface area contributed by atoms with E-state index in [4.69, 9.17) is 9.84 Å². The van der Waals surface area contributed by atoms with Crippen LogP contribution in [0.4, 0.5) is 26.1 Å². The molecule has 1 saturated carbocycles. The van der Waals surface area contributed by atoms with E-state index in [1.54, 1.807) is 17.2 Å². The topological polar surface area (TPSA) is 103 Å². The summed E-state index contributed by atoms with van der Waals surface area (Å²) in [6.45, 7) is 3.17. The van der Waals surface area contributed by atoms with Gasteiger partial charge in [0.1, 0.15) is 16.5 Å². The fourth-order valence-electron chi connectivity index (χ4n) is 5.18. The van der Waals surface area contributed by atoms with Crippen molar-refractivity contribution in [3.8, 4) is 5.75 Å². The first kappa shape index (κ1) is 26.9. The van der Waals surface area contributed by atoms with Gasteiger partial charge in [-0.05, 0) is 68.2 Å². The minimum atomic E-state index is -1.38. The van der Waals surface area contributed by atoms with E-state index < -0.39 is 12.5 Å². The molecule has 4 heterocycles. The molecule has 0 aromatic carbocycles. The molecular formula is C26H34F2N6O3S. The number of halogens is 2. The first-order valence-electron chi connectivity index (χ1n) is 13.0. The fourth-order valence-corrected chi connectivity index (χ4v) is 5.80. The van der Waals surface area contributed by atoms with Crippen molar-refractivity contribution in [3.63, 3.8) is 0 Å². The molecular weight excluding hydrogens is 514 g/mol. The number of rotatable bonds is 10. The number of pyridine rings is 2. The summed E-state index contributed by atoms with van der Waals surface area (Å²) >= 11 is 1.31.